The number of sulfonamides is 1. The van der Waals surface area contributed by atoms with Crippen LogP contribution in [0.4, 0.5) is 5.69 Å². The summed E-state index contributed by atoms with van der Waals surface area (Å²) >= 11 is 0. The quantitative estimate of drug-likeness (QED) is 0.491. The number of hydrogen-bond donors (Lipinski definition) is 1. The molecule has 0 saturated heterocycles. The highest BCUT2D eigenvalue weighted by Crippen LogP contribution is 2.42. The van der Waals surface area contributed by atoms with E-state index in [4.69, 9.17) is 4.74 Å². The van der Waals surface area contributed by atoms with E-state index in [9.17, 15) is 18.0 Å². The van der Waals surface area contributed by atoms with E-state index in [-0.39, 0.29) is 31.3 Å². The van der Waals surface area contributed by atoms with Crippen molar-refractivity contribution in [1.82, 2.24) is 10.2 Å². The number of amides is 2. The fourth-order valence-electron chi connectivity index (χ4n) is 4.44. The Morgan fingerprint density at radius 3 is 2.40 bits per heavy atom. The second kappa shape index (κ2) is 9.95. The Morgan fingerprint density at radius 2 is 1.74 bits per heavy atom. The van der Waals surface area contributed by atoms with Gasteiger partial charge in [0.1, 0.15) is 11.8 Å². The van der Waals surface area contributed by atoms with Crippen LogP contribution >= 0.6 is 0 Å². The third-order valence-corrected chi connectivity index (χ3v) is 8.21. The van der Waals surface area contributed by atoms with Crippen LogP contribution in [0.15, 0.2) is 65.6 Å². The molecular formula is C26H29N3O5S. The lowest BCUT2D eigenvalue weighted by atomic mass is 10.1. The van der Waals surface area contributed by atoms with Gasteiger partial charge in [0.05, 0.1) is 17.7 Å². The highest BCUT2D eigenvalue weighted by atomic mass is 32.2. The molecular weight excluding hydrogens is 466 g/mol. The number of likely N-dealkylation sites (N-methyl/N-ethyl adjacent to an activating group) is 1. The molecule has 0 bridgehead atoms. The second-order valence-corrected chi connectivity index (χ2v) is 10.3. The summed E-state index contributed by atoms with van der Waals surface area (Å²) in [7, 11) is -0.559. The van der Waals surface area contributed by atoms with Crippen LogP contribution in [0.3, 0.4) is 0 Å². The summed E-state index contributed by atoms with van der Waals surface area (Å²) in [5.74, 6) is 0.217. The number of nitrogens with zero attached hydrogens (tertiary/aromatic N) is 2. The molecule has 1 N–H and O–H groups in total. The molecule has 1 unspecified atom stereocenters. The lowest BCUT2D eigenvalue weighted by Gasteiger charge is -2.29. The van der Waals surface area contributed by atoms with Crippen LogP contribution in [-0.4, -0.2) is 51.9 Å². The Hall–Kier alpha value is -3.59. The van der Waals surface area contributed by atoms with Crippen LogP contribution in [-0.2, 0) is 26.2 Å². The number of carbonyl (C=O) groups is 2. The summed E-state index contributed by atoms with van der Waals surface area (Å²) in [6, 6.07) is 17.4. The van der Waals surface area contributed by atoms with Crippen molar-refractivity contribution in [2.75, 3.05) is 25.0 Å². The molecule has 9 heteroatoms. The van der Waals surface area contributed by atoms with E-state index in [1.807, 2.05) is 30.3 Å². The monoisotopic (exact) mass is 495 g/mol. The van der Waals surface area contributed by atoms with Gasteiger partial charge in [0.2, 0.25) is 11.8 Å². The van der Waals surface area contributed by atoms with Gasteiger partial charge in [-0.05, 0) is 48.6 Å². The Bertz CT molecular complexity index is 1350. The van der Waals surface area contributed by atoms with E-state index >= 15 is 0 Å². The fraction of sp³-hybridized carbons (Fsp3) is 0.308. The molecule has 3 aromatic rings. The van der Waals surface area contributed by atoms with Gasteiger partial charge in [-0.25, -0.2) is 8.42 Å². The number of rotatable bonds is 9. The standard InChI is InChI=1S/C26H29N3O5S/c1-18(26(31)27-2)28(17-19-12-14-21(34-3)15-13-19)24(30)11-6-16-29-22-9-4-7-20-8-5-10-23(25(20)22)35(29,32)33/h4-5,7-10,12-15,18H,6,11,16-17H2,1-3H3,(H,27,31). The average Bonchev–Trinajstić information content (AvgIpc) is 3.09. The van der Waals surface area contributed by atoms with Crippen molar-refractivity contribution in [2.45, 2.75) is 37.2 Å². The molecule has 0 spiro atoms. The van der Waals surface area contributed by atoms with Gasteiger partial charge in [-0.1, -0.05) is 36.4 Å². The van der Waals surface area contributed by atoms with Crippen molar-refractivity contribution in [3.05, 3.63) is 66.2 Å². The van der Waals surface area contributed by atoms with E-state index < -0.39 is 16.1 Å². The topological polar surface area (TPSA) is 96.0 Å². The lowest BCUT2D eigenvalue weighted by molar-refractivity contribution is -0.140. The van der Waals surface area contributed by atoms with Crippen LogP contribution in [0.1, 0.15) is 25.3 Å². The highest BCUT2D eigenvalue weighted by Gasteiger charge is 2.35. The predicted molar refractivity (Wildman–Crippen MR) is 135 cm³/mol. The van der Waals surface area contributed by atoms with Gasteiger partial charge in [-0.2, -0.15) is 0 Å². The van der Waals surface area contributed by atoms with Crippen LogP contribution < -0.4 is 14.4 Å². The molecule has 4 rings (SSSR count). The number of hydrogen-bond acceptors (Lipinski definition) is 5. The Balaban J connectivity index is 1.49. The van der Waals surface area contributed by atoms with Crippen molar-refractivity contribution < 1.29 is 22.7 Å². The molecule has 184 valence electrons. The van der Waals surface area contributed by atoms with Crippen LogP contribution in [0.2, 0.25) is 0 Å². The van der Waals surface area contributed by atoms with Gasteiger partial charge >= 0.3 is 0 Å². The molecule has 1 atom stereocenters. The number of nitrogens with one attached hydrogen (secondary N) is 1. The molecule has 0 aliphatic carbocycles. The third-order valence-electron chi connectivity index (χ3n) is 6.36. The van der Waals surface area contributed by atoms with Crippen molar-refractivity contribution in [3.8, 4) is 5.75 Å². The smallest absolute Gasteiger partial charge is 0.265 e. The van der Waals surface area contributed by atoms with Crippen LogP contribution in [0.25, 0.3) is 10.8 Å². The van der Waals surface area contributed by atoms with E-state index in [0.29, 0.717) is 22.8 Å². The maximum atomic E-state index is 13.2. The summed E-state index contributed by atoms with van der Waals surface area (Å²) in [5, 5.41) is 4.18. The van der Waals surface area contributed by atoms with E-state index in [1.54, 1.807) is 44.4 Å². The minimum atomic E-state index is -3.67. The third kappa shape index (κ3) is 4.68. The van der Waals surface area contributed by atoms with Gasteiger partial charge in [0.15, 0.2) is 0 Å². The number of methoxy groups -OCH3 is 1. The molecule has 0 radical (unpaired) electrons. The summed E-state index contributed by atoms with van der Waals surface area (Å²) in [4.78, 5) is 27.4. The molecule has 8 nitrogen and oxygen atoms in total. The first kappa shape index (κ1) is 24.5. The minimum absolute atomic E-state index is 0.107. The maximum absolute atomic E-state index is 13.2. The van der Waals surface area contributed by atoms with Crippen LogP contribution in [0, 0.1) is 0 Å². The van der Waals surface area contributed by atoms with Gasteiger partial charge in [-0.15, -0.1) is 0 Å². The van der Waals surface area contributed by atoms with Gasteiger partial charge in [-0.3, -0.25) is 13.9 Å². The molecule has 2 amide bonds. The summed E-state index contributed by atoms with van der Waals surface area (Å²) in [6.07, 6.45) is 0.428. The average molecular weight is 496 g/mol. The molecule has 1 aliphatic heterocycles. The summed E-state index contributed by atoms with van der Waals surface area (Å²) in [5.41, 5.74) is 1.50. The highest BCUT2D eigenvalue weighted by molar-refractivity contribution is 7.93. The minimum Gasteiger partial charge on any atom is -0.497 e. The number of carbonyl (C=O) groups excluding carboxylic acids is 2. The Morgan fingerprint density at radius 1 is 1.06 bits per heavy atom. The SMILES string of the molecule is CNC(=O)C(C)N(Cc1ccc(OC)cc1)C(=O)CCCN1c2cccc3cccc(c23)S1(=O)=O. The van der Waals surface area contributed by atoms with Crippen molar-refractivity contribution in [3.63, 3.8) is 0 Å². The van der Waals surface area contributed by atoms with Crippen LogP contribution in [0.5, 0.6) is 5.75 Å². The second-order valence-electron chi connectivity index (χ2n) is 8.47. The summed E-state index contributed by atoms with van der Waals surface area (Å²) < 4.78 is 32.9. The molecule has 1 heterocycles. The normalized spacial score (nSPS) is 14.5. The van der Waals surface area contributed by atoms with Crippen molar-refractivity contribution in [2.24, 2.45) is 0 Å². The van der Waals surface area contributed by atoms with Crippen molar-refractivity contribution in [1.29, 1.82) is 0 Å². The number of benzene rings is 3. The van der Waals surface area contributed by atoms with Gasteiger partial charge < -0.3 is 15.0 Å². The van der Waals surface area contributed by atoms with E-state index in [2.05, 4.69) is 5.32 Å². The molecule has 3 aromatic carbocycles. The van der Waals surface area contributed by atoms with Crippen molar-refractivity contribution >= 4 is 38.3 Å². The summed E-state index contributed by atoms with van der Waals surface area (Å²) in [6.45, 7) is 2.11. The number of anilines is 1. The largest absolute Gasteiger partial charge is 0.497 e. The first-order valence-corrected chi connectivity index (χ1v) is 12.9. The molecule has 35 heavy (non-hydrogen) atoms. The predicted octanol–water partition coefficient (Wildman–Crippen LogP) is 3.30. The zero-order valence-corrected chi connectivity index (χ0v) is 20.8. The molecule has 0 aromatic heterocycles. The Kier molecular flexibility index (Phi) is 6.98. The molecule has 0 saturated carbocycles. The lowest BCUT2D eigenvalue weighted by Crippen LogP contribution is -2.46. The Labute approximate surface area is 205 Å². The zero-order valence-electron chi connectivity index (χ0n) is 20.0. The molecule has 0 fully saturated rings. The first-order chi connectivity index (χ1) is 16.8. The first-order valence-electron chi connectivity index (χ1n) is 11.5. The zero-order chi connectivity index (χ0) is 25.2. The van der Waals surface area contributed by atoms with Gasteiger partial charge in [0.25, 0.3) is 10.0 Å². The fourth-order valence-corrected chi connectivity index (χ4v) is 6.18. The number of ether oxygens (including phenoxy) is 1. The van der Waals surface area contributed by atoms with E-state index in [1.165, 1.54) is 16.3 Å². The maximum Gasteiger partial charge on any atom is 0.265 e. The van der Waals surface area contributed by atoms with Gasteiger partial charge in [0, 0.05) is 31.9 Å². The molecule has 1 aliphatic rings. The van der Waals surface area contributed by atoms with E-state index in [0.717, 1.165) is 16.3 Å².